The molecule has 0 spiro atoms. The number of hydrogen-bond donors (Lipinski definition) is 1. The van der Waals surface area contributed by atoms with Crippen LogP contribution in [-0.4, -0.2) is 54.9 Å². The van der Waals surface area contributed by atoms with Crippen molar-refractivity contribution in [1.82, 2.24) is 20.4 Å². The van der Waals surface area contributed by atoms with Crippen LogP contribution in [0.3, 0.4) is 0 Å². The maximum Gasteiger partial charge on any atom is 0.246 e. The van der Waals surface area contributed by atoms with E-state index in [0.717, 1.165) is 5.75 Å². The molecule has 0 fully saturated rings. The Labute approximate surface area is 164 Å². The highest BCUT2D eigenvalue weighted by Gasteiger charge is 2.14. The van der Waals surface area contributed by atoms with Crippen LogP contribution in [0.15, 0.2) is 33.8 Å². The minimum Gasteiger partial charge on any atom is -0.492 e. The molecule has 0 bridgehead atoms. The van der Waals surface area contributed by atoms with Crippen LogP contribution in [0.4, 0.5) is 0 Å². The van der Waals surface area contributed by atoms with E-state index in [0.29, 0.717) is 49.0 Å². The predicted octanol–water partition coefficient (Wildman–Crippen LogP) is 2.91. The third-order valence-corrected chi connectivity index (χ3v) is 3.96. The van der Waals surface area contributed by atoms with Crippen molar-refractivity contribution in [2.24, 2.45) is 4.99 Å². The Balaban J connectivity index is 1.78. The summed E-state index contributed by atoms with van der Waals surface area (Å²) >= 11 is 5.95. The number of nitrogens with zero attached hydrogens (tertiary/aromatic N) is 4. The van der Waals surface area contributed by atoms with Crippen LogP contribution in [0.2, 0.25) is 5.02 Å². The van der Waals surface area contributed by atoms with Crippen LogP contribution >= 0.6 is 11.6 Å². The van der Waals surface area contributed by atoms with Crippen molar-refractivity contribution < 1.29 is 14.0 Å². The van der Waals surface area contributed by atoms with Gasteiger partial charge in [-0.3, -0.25) is 4.99 Å². The Bertz CT molecular complexity index is 737. The van der Waals surface area contributed by atoms with Crippen LogP contribution < -0.4 is 10.1 Å². The number of likely N-dealkylation sites (N-methyl/N-ethyl adjacent to an activating group) is 1. The highest BCUT2D eigenvalue weighted by Crippen LogP contribution is 2.17. The zero-order valence-corrected chi connectivity index (χ0v) is 16.9. The number of aliphatic imine (C=N–C) groups is 1. The fraction of sp³-hybridized carbons (Fsp3) is 0.500. The zero-order chi connectivity index (χ0) is 19.6. The summed E-state index contributed by atoms with van der Waals surface area (Å²) in [4.78, 5) is 10.5. The van der Waals surface area contributed by atoms with E-state index in [9.17, 15) is 0 Å². The van der Waals surface area contributed by atoms with E-state index in [2.05, 4.69) is 20.4 Å². The van der Waals surface area contributed by atoms with Gasteiger partial charge in [-0.25, -0.2) is 0 Å². The van der Waals surface area contributed by atoms with Crippen molar-refractivity contribution in [3.8, 4) is 5.75 Å². The molecule has 1 atom stereocenters. The molecule has 9 heteroatoms. The van der Waals surface area contributed by atoms with E-state index in [1.54, 1.807) is 13.1 Å². The fourth-order valence-electron chi connectivity index (χ4n) is 2.33. The molecule has 0 saturated heterocycles. The standard InChI is InChI=1S/C18H26ClN5O3/c1-5-25-13(2)17-22-16(27-23-17)12-21-18(20-3)24(4)9-10-26-15-8-6-7-14(19)11-15/h6-8,11,13H,5,9-10,12H2,1-4H3,(H,20,21). The summed E-state index contributed by atoms with van der Waals surface area (Å²) < 4.78 is 16.4. The molecule has 8 nitrogen and oxygen atoms in total. The highest BCUT2D eigenvalue weighted by atomic mass is 35.5. The third-order valence-electron chi connectivity index (χ3n) is 3.73. The van der Waals surface area contributed by atoms with Crippen LogP contribution in [0, 0.1) is 0 Å². The van der Waals surface area contributed by atoms with Gasteiger partial charge in [0, 0.05) is 25.7 Å². The average molecular weight is 396 g/mol. The molecule has 1 unspecified atom stereocenters. The van der Waals surface area contributed by atoms with Crippen molar-refractivity contribution in [2.45, 2.75) is 26.5 Å². The zero-order valence-electron chi connectivity index (χ0n) is 16.1. The molecule has 2 rings (SSSR count). The first kappa shape index (κ1) is 21.0. The number of aromatic nitrogens is 2. The van der Waals surface area contributed by atoms with Gasteiger partial charge in [-0.2, -0.15) is 4.98 Å². The van der Waals surface area contributed by atoms with Crippen LogP contribution in [-0.2, 0) is 11.3 Å². The topological polar surface area (TPSA) is 85.0 Å². The van der Waals surface area contributed by atoms with Crippen LogP contribution in [0.1, 0.15) is 31.7 Å². The molecule has 0 aliphatic carbocycles. The van der Waals surface area contributed by atoms with E-state index >= 15 is 0 Å². The molecule has 1 N–H and O–H groups in total. The molecule has 0 aliphatic heterocycles. The van der Waals surface area contributed by atoms with Gasteiger partial charge in [0.25, 0.3) is 0 Å². The summed E-state index contributed by atoms with van der Waals surface area (Å²) in [5, 5.41) is 7.78. The van der Waals surface area contributed by atoms with Crippen LogP contribution in [0.5, 0.6) is 5.75 Å². The van der Waals surface area contributed by atoms with E-state index in [4.69, 9.17) is 25.6 Å². The summed E-state index contributed by atoms with van der Waals surface area (Å²) in [5.74, 6) is 2.44. The van der Waals surface area contributed by atoms with Gasteiger partial charge in [-0.05, 0) is 32.0 Å². The minimum absolute atomic E-state index is 0.196. The molecule has 0 radical (unpaired) electrons. The normalized spacial score (nSPS) is 12.7. The van der Waals surface area contributed by atoms with E-state index < -0.39 is 0 Å². The maximum absolute atomic E-state index is 5.95. The summed E-state index contributed by atoms with van der Waals surface area (Å²) in [7, 11) is 3.64. The molecule has 0 aliphatic rings. The SMILES string of the molecule is CCOC(C)c1noc(CNC(=NC)N(C)CCOc2cccc(Cl)c2)n1. The molecule has 1 aromatic heterocycles. The van der Waals surface area contributed by atoms with Gasteiger partial charge >= 0.3 is 0 Å². The van der Waals surface area contributed by atoms with Crippen molar-refractivity contribution >= 4 is 17.6 Å². The first-order valence-corrected chi connectivity index (χ1v) is 9.15. The van der Waals surface area contributed by atoms with Gasteiger partial charge in [0.2, 0.25) is 5.89 Å². The lowest BCUT2D eigenvalue weighted by atomic mass is 10.3. The smallest absolute Gasteiger partial charge is 0.246 e. The highest BCUT2D eigenvalue weighted by molar-refractivity contribution is 6.30. The average Bonchev–Trinajstić information content (AvgIpc) is 3.12. The Morgan fingerprint density at radius 1 is 1.44 bits per heavy atom. The molecule has 1 aromatic carbocycles. The van der Waals surface area contributed by atoms with Gasteiger partial charge in [0.1, 0.15) is 18.5 Å². The number of nitrogens with one attached hydrogen (secondary N) is 1. The molecule has 1 heterocycles. The van der Waals surface area contributed by atoms with E-state index in [1.165, 1.54) is 0 Å². The molecular weight excluding hydrogens is 370 g/mol. The largest absolute Gasteiger partial charge is 0.492 e. The summed E-state index contributed by atoms with van der Waals surface area (Å²) in [6.45, 7) is 5.92. The first-order valence-electron chi connectivity index (χ1n) is 8.77. The van der Waals surface area contributed by atoms with Crippen LogP contribution in [0.25, 0.3) is 0 Å². The number of rotatable bonds is 9. The lowest BCUT2D eigenvalue weighted by Gasteiger charge is -2.21. The van der Waals surface area contributed by atoms with Crippen molar-refractivity contribution in [1.29, 1.82) is 0 Å². The maximum atomic E-state index is 5.95. The number of benzene rings is 1. The molecule has 148 valence electrons. The lowest BCUT2D eigenvalue weighted by molar-refractivity contribution is 0.0683. The predicted molar refractivity (Wildman–Crippen MR) is 104 cm³/mol. The number of hydrogen-bond acceptors (Lipinski definition) is 6. The number of ether oxygens (including phenoxy) is 2. The molecule has 2 aromatic rings. The summed E-state index contributed by atoms with van der Waals surface area (Å²) in [5.41, 5.74) is 0. The van der Waals surface area contributed by atoms with Gasteiger partial charge in [-0.1, -0.05) is 22.8 Å². The van der Waals surface area contributed by atoms with Gasteiger partial charge < -0.3 is 24.2 Å². The Kier molecular flexibility index (Phi) is 8.35. The second-order valence-electron chi connectivity index (χ2n) is 5.77. The number of halogens is 1. The molecule has 0 amide bonds. The van der Waals surface area contributed by atoms with Crippen molar-refractivity contribution in [3.05, 3.63) is 41.0 Å². The van der Waals surface area contributed by atoms with Crippen molar-refractivity contribution in [3.63, 3.8) is 0 Å². The quantitative estimate of drug-likeness (QED) is 0.516. The summed E-state index contributed by atoms with van der Waals surface area (Å²) in [6.07, 6.45) is -0.196. The molecular formula is C18H26ClN5O3. The van der Waals surface area contributed by atoms with Gasteiger partial charge in [-0.15, -0.1) is 0 Å². The van der Waals surface area contributed by atoms with E-state index in [1.807, 2.05) is 44.0 Å². The number of guanidine groups is 1. The Morgan fingerprint density at radius 2 is 2.26 bits per heavy atom. The van der Waals surface area contributed by atoms with Crippen molar-refractivity contribution in [2.75, 3.05) is 33.9 Å². The van der Waals surface area contributed by atoms with Gasteiger partial charge in [0.05, 0.1) is 13.1 Å². The first-order chi connectivity index (χ1) is 13.0. The third kappa shape index (κ3) is 6.73. The molecule has 0 saturated carbocycles. The van der Waals surface area contributed by atoms with E-state index in [-0.39, 0.29) is 6.10 Å². The lowest BCUT2D eigenvalue weighted by Crippen LogP contribution is -2.40. The Morgan fingerprint density at radius 3 is 2.96 bits per heavy atom. The fourth-order valence-corrected chi connectivity index (χ4v) is 2.51. The summed E-state index contributed by atoms with van der Waals surface area (Å²) in [6, 6.07) is 7.32. The van der Waals surface area contributed by atoms with Gasteiger partial charge in [0.15, 0.2) is 11.8 Å². The second-order valence-corrected chi connectivity index (χ2v) is 6.21. The minimum atomic E-state index is -0.196. The second kappa shape index (κ2) is 10.7. The Hall–Kier alpha value is -2.32. The molecule has 27 heavy (non-hydrogen) atoms. The monoisotopic (exact) mass is 395 g/mol.